The molecule has 0 radical (unpaired) electrons. The third-order valence-corrected chi connectivity index (χ3v) is 3.75. The lowest BCUT2D eigenvalue weighted by Gasteiger charge is -2.22. The van der Waals surface area contributed by atoms with Crippen molar-refractivity contribution >= 4 is 0 Å². The largest absolute Gasteiger partial charge is 0.497 e. The second-order valence-corrected chi connectivity index (χ2v) is 5.12. The summed E-state index contributed by atoms with van der Waals surface area (Å²) in [7, 11) is 3.38. The van der Waals surface area contributed by atoms with E-state index in [4.69, 9.17) is 9.47 Å². The Labute approximate surface area is 109 Å². The molecule has 1 aliphatic rings. The van der Waals surface area contributed by atoms with Crippen LogP contribution in [0.15, 0.2) is 18.2 Å². The van der Waals surface area contributed by atoms with Crippen LogP contribution in [0.3, 0.4) is 0 Å². The van der Waals surface area contributed by atoms with Crippen molar-refractivity contribution < 1.29 is 9.47 Å². The standard InChI is InChI=1S/C15H23NO2/c1-10(12-5-6-12)16-11(2)14-8-7-13(17-3)9-15(14)18-4/h7-12,16H,5-6H2,1-4H3. The molecule has 0 aromatic heterocycles. The first-order valence-corrected chi connectivity index (χ1v) is 6.63. The molecule has 0 bridgehead atoms. The molecular weight excluding hydrogens is 226 g/mol. The molecular formula is C15H23NO2. The maximum absolute atomic E-state index is 5.45. The van der Waals surface area contributed by atoms with Gasteiger partial charge in [-0.05, 0) is 38.7 Å². The van der Waals surface area contributed by atoms with Crippen molar-refractivity contribution in [1.82, 2.24) is 5.32 Å². The van der Waals surface area contributed by atoms with Crippen LogP contribution in [0.25, 0.3) is 0 Å². The highest BCUT2D eigenvalue weighted by Gasteiger charge is 2.29. The van der Waals surface area contributed by atoms with Crippen molar-refractivity contribution in [3.05, 3.63) is 23.8 Å². The van der Waals surface area contributed by atoms with Gasteiger partial charge in [-0.2, -0.15) is 0 Å². The normalized spacial score (nSPS) is 18.2. The molecule has 1 fully saturated rings. The molecule has 2 atom stereocenters. The maximum Gasteiger partial charge on any atom is 0.127 e. The molecule has 2 rings (SSSR count). The third kappa shape index (κ3) is 2.96. The third-order valence-electron chi connectivity index (χ3n) is 3.75. The van der Waals surface area contributed by atoms with Gasteiger partial charge in [0.15, 0.2) is 0 Å². The number of benzene rings is 1. The Balaban J connectivity index is 2.10. The van der Waals surface area contributed by atoms with Crippen molar-refractivity contribution in [2.45, 2.75) is 38.8 Å². The summed E-state index contributed by atoms with van der Waals surface area (Å²) in [5, 5.41) is 3.65. The first-order chi connectivity index (χ1) is 8.65. The van der Waals surface area contributed by atoms with Crippen molar-refractivity contribution in [2.75, 3.05) is 14.2 Å². The minimum absolute atomic E-state index is 0.293. The van der Waals surface area contributed by atoms with E-state index in [-0.39, 0.29) is 0 Å². The zero-order chi connectivity index (χ0) is 13.1. The minimum Gasteiger partial charge on any atom is -0.497 e. The second-order valence-electron chi connectivity index (χ2n) is 5.12. The van der Waals surface area contributed by atoms with Gasteiger partial charge in [0.25, 0.3) is 0 Å². The molecule has 3 heteroatoms. The summed E-state index contributed by atoms with van der Waals surface area (Å²) in [6.45, 7) is 4.45. The average Bonchev–Trinajstić information content (AvgIpc) is 3.22. The number of nitrogens with one attached hydrogen (secondary N) is 1. The van der Waals surface area contributed by atoms with E-state index in [9.17, 15) is 0 Å². The van der Waals surface area contributed by atoms with Gasteiger partial charge in [-0.1, -0.05) is 6.07 Å². The Morgan fingerprint density at radius 2 is 1.89 bits per heavy atom. The van der Waals surface area contributed by atoms with Crippen molar-refractivity contribution in [3.63, 3.8) is 0 Å². The van der Waals surface area contributed by atoms with Gasteiger partial charge in [0.05, 0.1) is 14.2 Å². The molecule has 0 saturated heterocycles. The summed E-state index contributed by atoms with van der Waals surface area (Å²) in [5.74, 6) is 2.58. The molecule has 100 valence electrons. The van der Waals surface area contributed by atoms with Crippen LogP contribution in [-0.2, 0) is 0 Å². The second kappa shape index (κ2) is 5.61. The van der Waals surface area contributed by atoms with Gasteiger partial charge in [0, 0.05) is 23.7 Å². The monoisotopic (exact) mass is 249 g/mol. The van der Waals surface area contributed by atoms with Crippen LogP contribution in [0.2, 0.25) is 0 Å². The quantitative estimate of drug-likeness (QED) is 0.840. The van der Waals surface area contributed by atoms with Gasteiger partial charge in [0.2, 0.25) is 0 Å². The summed E-state index contributed by atoms with van der Waals surface area (Å²) in [6.07, 6.45) is 2.72. The molecule has 1 aromatic carbocycles. The summed E-state index contributed by atoms with van der Waals surface area (Å²) in [5.41, 5.74) is 1.19. The Bertz CT molecular complexity index is 401. The fraction of sp³-hybridized carbons (Fsp3) is 0.600. The number of hydrogen-bond donors (Lipinski definition) is 1. The van der Waals surface area contributed by atoms with Crippen molar-refractivity contribution in [1.29, 1.82) is 0 Å². The smallest absolute Gasteiger partial charge is 0.127 e. The minimum atomic E-state index is 0.293. The van der Waals surface area contributed by atoms with Crippen molar-refractivity contribution in [3.8, 4) is 11.5 Å². The van der Waals surface area contributed by atoms with Gasteiger partial charge < -0.3 is 14.8 Å². The molecule has 1 N–H and O–H groups in total. The molecule has 3 nitrogen and oxygen atoms in total. The fourth-order valence-corrected chi connectivity index (χ4v) is 2.39. The maximum atomic E-state index is 5.45. The van der Waals surface area contributed by atoms with Gasteiger partial charge in [-0.15, -0.1) is 0 Å². The van der Waals surface area contributed by atoms with Crippen LogP contribution < -0.4 is 14.8 Å². The van der Waals surface area contributed by atoms with Gasteiger partial charge in [-0.25, -0.2) is 0 Å². The van der Waals surface area contributed by atoms with Crippen LogP contribution >= 0.6 is 0 Å². The van der Waals surface area contributed by atoms with E-state index in [0.717, 1.165) is 17.4 Å². The number of methoxy groups -OCH3 is 2. The molecule has 1 saturated carbocycles. The number of rotatable bonds is 6. The van der Waals surface area contributed by atoms with Gasteiger partial charge >= 0.3 is 0 Å². The van der Waals surface area contributed by atoms with E-state index in [1.807, 2.05) is 12.1 Å². The highest BCUT2D eigenvalue weighted by atomic mass is 16.5. The predicted molar refractivity (Wildman–Crippen MR) is 73.3 cm³/mol. The van der Waals surface area contributed by atoms with Gasteiger partial charge in [0.1, 0.15) is 11.5 Å². The average molecular weight is 249 g/mol. The molecule has 0 amide bonds. The molecule has 1 aromatic rings. The van der Waals surface area contributed by atoms with E-state index < -0.39 is 0 Å². The Morgan fingerprint density at radius 1 is 1.17 bits per heavy atom. The fourth-order valence-electron chi connectivity index (χ4n) is 2.39. The van der Waals surface area contributed by atoms with E-state index >= 15 is 0 Å². The topological polar surface area (TPSA) is 30.5 Å². The number of ether oxygens (including phenoxy) is 2. The summed E-state index contributed by atoms with van der Waals surface area (Å²) >= 11 is 0. The van der Waals surface area contributed by atoms with Crippen LogP contribution in [0.5, 0.6) is 11.5 Å². The molecule has 18 heavy (non-hydrogen) atoms. The van der Waals surface area contributed by atoms with E-state index in [1.165, 1.54) is 18.4 Å². The van der Waals surface area contributed by atoms with E-state index in [1.54, 1.807) is 14.2 Å². The van der Waals surface area contributed by atoms with Crippen LogP contribution in [0.4, 0.5) is 0 Å². The highest BCUT2D eigenvalue weighted by molar-refractivity contribution is 5.42. The SMILES string of the molecule is COc1ccc(C(C)NC(C)C2CC2)c(OC)c1. The van der Waals surface area contributed by atoms with E-state index in [2.05, 4.69) is 25.2 Å². The number of hydrogen-bond acceptors (Lipinski definition) is 3. The lowest BCUT2D eigenvalue weighted by atomic mass is 10.0. The molecule has 1 aliphatic carbocycles. The lowest BCUT2D eigenvalue weighted by Crippen LogP contribution is -2.30. The van der Waals surface area contributed by atoms with E-state index in [0.29, 0.717) is 12.1 Å². The molecule has 0 spiro atoms. The van der Waals surface area contributed by atoms with Gasteiger partial charge in [-0.3, -0.25) is 0 Å². The summed E-state index contributed by atoms with van der Waals surface area (Å²) < 4.78 is 10.7. The predicted octanol–water partition coefficient (Wildman–Crippen LogP) is 3.15. The Kier molecular flexibility index (Phi) is 4.12. The highest BCUT2D eigenvalue weighted by Crippen LogP contribution is 2.35. The lowest BCUT2D eigenvalue weighted by molar-refractivity contribution is 0.378. The van der Waals surface area contributed by atoms with Crippen LogP contribution in [0.1, 0.15) is 38.3 Å². The van der Waals surface area contributed by atoms with Crippen LogP contribution in [-0.4, -0.2) is 20.3 Å². The molecule has 0 aliphatic heterocycles. The summed E-state index contributed by atoms with van der Waals surface area (Å²) in [6, 6.07) is 6.87. The molecule has 2 unspecified atom stereocenters. The zero-order valence-electron chi connectivity index (χ0n) is 11.7. The first kappa shape index (κ1) is 13.2. The Morgan fingerprint density at radius 3 is 2.44 bits per heavy atom. The molecule has 0 heterocycles. The van der Waals surface area contributed by atoms with Crippen LogP contribution in [0, 0.1) is 5.92 Å². The zero-order valence-corrected chi connectivity index (χ0v) is 11.7. The first-order valence-electron chi connectivity index (χ1n) is 6.63. The Hall–Kier alpha value is -1.22. The van der Waals surface area contributed by atoms with Crippen molar-refractivity contribution in [2.24, 2.45) is 5.92 Å². The summed E-state index contributed by atoms with van der Waals surface area (Å²) in [4.78, 5) is 0.